The van der Waals surface area contributed by atoms with Gasteiger partial charge in [-0.2, -0.15) is 5.10 Å². The van der Waals surface area contributed by atoms with E-state index >= 15 is 0 Å². The normalized spacial score (nSPS) is 14.1. The molecule has 9 nitrogen and oxygen atoms in total. The van der Waals surface area contributed by atoms with Crippen molar-refractivity contribution in [1.29, 1.82) is 0 Å². The Balaban J connectivity index is 1.39. The molecule has 31 heavy (non-hydrogen) atoms. The second-order valence-electron chi connectivity index (χ2n) is 7.61. The number of aliphatic hydroxyl groups is 1. The van der Waals surface area contributed by atoms with Crippen molar-refractivity contribution in [2.24, 2.45) is 7.05 Å². The van der Waals surface area contributed by atoms with E-state index in [9.17, 15) is 14.7 Å². The number of aryl methyl sites for hydroxylation is 1. The molecule has 1 aliphatic heterocycles. The number of rotatable bonds is 5. The Morgan fingerprint density at radius 3 is 2.65 bits per heavy atom. The molecule has 9 heteroatoms. The van der Waals surface area contributed by atoms with E-state index in [1.807, 2.05) is 47.1 Å². The minimum Gasteiger partial charge on any atom is -0.389 e. The average molecular weight is 416 g/mol. The Morgan fingerprint density at radius 1 is 1.13 bits per heavy atom. The predicted octanol–water partition coefficient (Wildman–Crippen LogP) is 1.37. The predicted molar refractivity (Wildman–Crippen MR) is 112 cm³/mol. The second kappa shape index (κ2) is 7.44. The van der Waals surface area contributed by atoms with Crippen molar-refractivity contribution in [1.82, 2.24) is 29.0 Å². The van der Waals surface area contributed by atoms with Crippen molar-refractivity contribution in [3.8, 4) is 11.3 Å². The van der Waals surface area contributed by atoms with Crippen LogP contribution in [0.5, 0.6) is 0 Å². The summed E-state index contributed by atoms with van der Waals surface area (Å²) in [5.74, 6) is -0.0537. The Labute approximate surface area is 177 Å². The molecule has 3 aromatic heterocycles. The molecule has 1 amide bonds. The lowest BCUT2D eigenvalue weighted by Gasteiger charge is -2.35. The second-order valence-corrected chi connectivity index (χ2v) is 7.61. The van der Waals surface area contributed by atoms with Crippen LogP contribution in [0.1, 0.15) is 26.5 Å². The molecule has 4 heterocycles. The summed E-state index contributed by atoms with van der Waals surface area (Å²) < 4.78 is 3.22. The highest BCUT2D eigenvalue weighted by molar-refractivity contribution is 6.07. The van der Waals surface area contributed by atoms with Crippen molar-refractivity contribution in [2.75, 3.05) is 13.1 Å². The summed E-state index contributed by atoms with van der Waals surface area (Å²) in [6.07, 6.45) is 4.62. The molecular weight excluding hydrogens is 396 g/mol. The summed E-state index contributed by atoms with van der Waals surface area (Å²) in [4.78, 5) is 36.3. The number of aliphatic hydroxyl groups excluding tert-OH is 1. The molecule has 4 aromatic rings. The maximum atomic E-state index is 13.0. The Bertz CT molecular complexity index is 1290. The van der Waals surface area contributed by atoms with Gasteiger partial charge in [0.25, 0.3) is 5.91 Å². The zero-order chi connectivity index (χ0) is 21.5. The van der Waals surface area contributed by atoms with Gasteiger partial charge in [-0.25, -0.2) is 9.97 Å². The molecule has 1 aliphatic rings. The standard InChI is InChI=1S/C22H20N6O3/c1-26-20(17(10-23-26)21(31)28-11-16(29)12-28)19(30)9-15-7-8-27-13-18(25-22(27)24-15)14-5-3-2-4-6-14/h2-8,10,13,16,29H,9,11-12H2,1H3. The Hall–Kier alpha value is -3.85. The molecule has 0 unspecified atom stereocenters. The fourth-order valence-electron chi connectivity index (χ4n) is 3.72. The third-order valence-corrected chi connectivity index (χ3v) is 5.38. The number of nitrogens with zero attached hydrogens (tertiary/aromatic N) is 6. The number of fused-ring (bicyclic) bond motifs is 1. The van der Waals surface area contributed by atoms with Crippen molar-refractivity contribution >= 4 is 17.5 Å². The van der Waals surface area contributed by atoms with Crippen LogP contribution in [0.25, 0.3) is 17.0 Å². The Kier molecular flexibility index (Phi) is 4.59. The summed E-state index contributed by atoms with van der Waals surface area (Å²) in [7, 11) is 1.63. The van der Waals surface area contributed by atoms with Crippen molar-refractivity contribution in [3.05, 3.63) is 71.9 Å². The number of imidazole rings is 1. The van der Waals surface area contributed by atoms with Gasteiger partial charge in [0.1, 0.15) is 5.69 Å². The highest BCUT2D eigenvalue weighted by Gasteiger charge is 2.33. The van der Waals surface area contributed by atoms with Gasteiger partial charge in [-0.15, -0.1) is 0 Å². The van der Waals surface area contributed by atoms with E-state index in [-0.39, 0.29) is 42.5 Å². The van der Waals surface area contributed by atoms with E-state index in [2.05, 4.69) is 15.1 Å². The first-order chi connectivity index (χ1) is 15.0. The van der Waals surface area contributed by atoms with Gasteiger partial charge in [-0.1, -0.05) is 30.3 Å². The van der Waals surface area contributed by atoms with Gasteiger partial charge in [0.2, 0.25) is 5.78 Å². The highest BCUT2D eigenvalue weighted by atomic mass is 16.3. The van der Waals surface area contributed by atoms with Crippen molar-refractivity contribution in [2.45, 2.75) is 12.5 Å². The Morgan fingerprint density at radius 2 is 1.90 bits per heavy atom. The maximum absolute atomic E-state index is 13.0. The average Bonchev–Trinajstić information content (AvgIpc) is 3.35. The van der Waals surface area contributed by atoms with Crippen LogP contribution >= 0.6 is 0 Å². The van der Waals surface area contributed by atoms with Crippen LogP contribution in [0.15, 0.2) is 55.0 Å². The van der Waals surface area contributed by atoms with Gasteiger partial charge in [-0.3, -0.25) is 18.7 Å². The molecule has 0 bridgehead atoms. The van der Waals surface area contributed by atoms with Crippen LogP contribution in [0.4, 0.5) is 0 Å². The summed E-state index contributed by atoms with van der Waals surface area (Å²) in [5.41, 5.74) is 2.82. The van der Waals surface area contributed by atoms with E-state index in [0.29, 0.717) is 11.5 Å². The fourth-order valence-corrected chi connectivity index (χ4v) is 3.72. The number of carbonyl (C=O) groups is 2. The third kappa shape index (κ3) is 3.49. The van der Waals surface area contributed by atoms with Crippen molar-refractivity contribution < 1.29 is 14.7 Å². The molecule has 0 atom stereocenters. The summed E-state index contributed by atoms with van der Waals surface area (Å²) >= 11 is 0. The largest absolute Gasteiger partial charge is 0.389 e. The van der Waals surface area contributed by atoms with E-state index in [0.717, 1.165) is 11.3 Å². The van der Waals surface area contributed by atoms with Crippen LogP contribution in [-0.4, -0.2) is 65.0 Å². The van der Waals surface area contributed by atoms with Gasteiger partial charge < -0.3 is 10.0 Å². The monoisotopic (exact) mass is 416 g/mol. The van der Waals surface area contributed by atoms with Gasteiger partial charge in [-0.05, 0) is 6.07 Å². The highest BCUT2D eigenvalue weighted by Crippen LogP contribution is 2.20. The topological polar surface area (TPSA) is 106 Å². The number of hydrogen-bond donors (Lipinski definition) is 1. The minimum atomic E-state index is -0.508. The van der Waals surface area contributed by atoms with Gasteiger partial charge >= 0.3 is 0 Å². The van der Waals surface area contributed by atoms with Gasteiger partial charge in [0, 0.05) is 38.1 Å². The molecule has 1 N–H and O–H groups in total. The molecule has 1 aromatic carbocycles. The number of β-amino-alcohol motifs (C(OH)–C–C–N with tert-alkyl or cyclic N) is 1. The smallest absolute Gasteiger partial charge is 0.257 e. The first-order valence-corrected chi connectivity index (χ1v) is 9.92. The minimum absolute atomic E-state index is 0.0203. The number of hydrogen-bond acceptors (Lipinski definition) is 6. The van der Waals surface area contributed by atoms with E-state index in [1.54, 1.807) is 13.1 Å². The first kappa shape index (κ1) is 19.1. The SMILES string of the molecule is Cn1ncc(C(=O)N2CC(O)C2)c1C(=O)Cc1ccn2cc(-c3ccccc3)nc2n1. The summed E-state index contributed by atoms with van der Waals surface area (Å²) in [6.45, 7) is 0.534. The van der Waals surface area contributed by atoms with E-state index in [1.165, 1.54) is 15.8 Å². The van der Waals surface area contributed by atoms with E-state index < -0.39 is 6.10 Å². The number of likely N-dealkylation sites (tertiary alicyclic amines) is 1. The number of amides is 1. The van der Waals surface area contributed by atoms with Crippen LogP contribution in [0.3, 0.4) is 0 Å². The summed E-state index contributed by atoms with van der Waals surface area (Å²) in [5, 5.41) is 13.6. The van der Waals surface area contributed by atoms with Crippen LogP contribution < -0.4 is 0 Å². The number of ketones is 1. The molecule has 0 saturated carbocycles. The number of benzene rings is 1. The molecule has 0 radical (unpaired) electrons. The lowest BCUT2D eigenvalue weighted by Crippen LogP contribution is -2.53. The first-order valence-electron chi connectivity index (χ1n) is 9.92. The van der Waals surface area contributed by atoms with Gasteiger partial charge in [0.15, 0.2) is 5.78 Å². The maximum Gasteiger partial charge on any atom is 0.257 e. The van der Waals surface area contributed by atoms with Gasteiger partial charge in [0.05, 0.1) is 35.7 Å². The van der Waals surface area contributed by atoms with E-state index in [4.69, 9.17) is 0 Å². The number of carbonyl (C=O) groups excluding carboxylic acids is 2. The number of aromatic nitrogens is 5. The molecular formula is C22H20N6O3. The lowest BCUT2D eigenvalue weighted by molar-refractivity contribution is 0.00581. The molecule has 1 saturated heterocycles. The van der Waals surface area contributed by atoms with Crippen LogP contribution in [0, 0.1) is 0 Å². The quantitative estimate of drug-likeness (QED) is 0.493. The molecule has 0 aliphatic carbocycles. The lowest BCUT2D eigenvalue weighted by atomic mass is 10.1. The third-order valence-electron chi connectivity index (χ3n) is 5.38. The fraction of sp³-hybridized carbons (Fsp3) is 0.227. The molecule has 0 spiro atoms. The molecule has 5 rings (SSSR count). The number of Topliss-reactive ketones (excluding diaryl/α,β-unsaturated/α-hetero) is 1. The van der Waals surface area contributed by atoms with Crippen LogP contribution in [0.2, 0.25) is 0 Å². The summed E-state index contributed by atoms with van der Waals surface area (Å²) in [6, 6.07) is 11.6. The molecule has 156 valence electrons. The zero-order valence-corrected chi connectivity index (χ0v) is 16.8. The zero-order valence-electron chi connectivity index (χ0n) is 16.8. The van der Waals surface area contributed by atoms with Crippen LogP contribution in [-0.2, 0) is 13.5 Å². The molecule has 1 fully saturated rings. The van der Waals surface area contributed by atoms with Crippen molar-refractivity contribution in [3.63, 3.8) is 0 Å².